The zero-order valence-corrected chi connectivity index (χ0v) is 13.2. The first-order valence-electron chi connectivity index (χ1n) is 6.79. The number of nitrogens with one attached hydrogen (secondary N) is 1. The molecule has 6 heteroatoms. The number of hydrogen-bond donors (Lipinski definition) is 1. The SMILES string of the molecule is COCC(CC(=O)c1ccc(C)o1)NC(=O)OC(C)(C)C. The van der Waals surface area contributed by atoms with Gasteiger partial charge >= 0.3 is 6.09 Å². The summed E-state index contributed by atoms with van der Waals surface area (Å²) in [6.45, 7) is 7.30. The fourth-order valence-electron chi connectivity index (χ4n) is 1.74. The van der Waals surface area contributed by atoms with Crippen LogP contribution in [0.15, 0.2) is 16.5 Å². The van der Waals surface area contributed by atoms with Gasteiger partial charge in [0.05, 0.1) is 12.6 Å². The van der Waals surface area contributed by atoms with Crippen LogP contribution in [0.25, 0.3) is 0 Å². The Kier molecular flexibility index (Phi) is 5.96. The molecule has 118 valence electrons. The number of ketones is 1. The lowest BCUT2D eigenvalue weighted by Gasteiger charge is -2.23. The van der Waals surface area contributed by atoms with Crippen molar-refractivity contribution in [2.75, 3.05) is 13.7 Å². The summed E-state index contributed by atoms with van der Waals surface area (Å²) in [5.74, 6) is 0.752. The standard InChI is InChI=1S/C15H23NO5/c1-10-6-7-13(20-10)12(17)8-11(9-19-5)16-14(18)21-15(2,3)4/h6-7,11H,8-9H2,1-5H3,(H,16,18). The minimum atomic E-state index is -0.593. The summed E-state index contributed by atoms with van der Waals surface area (Å²) in [5, 5.41) is 2.63. The van der Waals surface area contributed by atoms with Crippen molar-refractivity contribution in [3.63, 3.8) is 0 Å². The third-order valence-electron chi connectivity index (χ3n) is 2.54. The molecule has 21 heavy (non-hydrogen) atoms. The summed E-state index contributed by atoms with van der Waals surface area (Å²) in [4.78, 5) is 23.8. The highest BCUT2D eigenvalue weighted by atomic mass is 16.6. The minimum absolute atomic E-state index is 0.0834. The molecule has 0 spiro atoms. The van der Waals surface area contributed by atoms with E-state index in [4.69, 9.17) is 13.9 Å². The van der Waals surface area contributed by atoms with Crippen LogP contribution < -0.4 is 5.32 Å². The zero-order valence-electron chi connectivity index (χ0n) is 13.2. The molecule has 1 unspecified atom stereocenters. The van der Waals surface area contributed by atoms with Gasteiger partial charge in [0.1, 0.15) is 11.4 Å². The van der Waals surface area contributed by atoms with Gasteiger partial charge in [0.15, 0.2) is 11.5 Å². The van der Waals surface area contributed by atoms with Gasteiger partial charge in [0, 0.05) is 13.5 Å². The lowest BCUT2D eigenvalue weighted by molar-refractivity contribution is 0.0463. The van der Waals surface area contributed by atoms with Crippen LogP contribution in [0.5, 0.6) is 0 Å². The lowest BCUT2D eigenvalue weighted by atomic mass is 10.1. The van der Waals surface area contributed by atoms with Crippen LogP contribution in [-0.4, -0.2) is 37.2 Å². The van der Waals surface area contributed by atoms with E-state index in [1.807, 2.05) is 0 Å². The van der Waals surface area contributed by atoms with Crippen molar-refractivity contribution < 1.29 is 23.5 Å². The maximum atomic E-state index is 12.1. The molecule has 1 N–H and O–H groups in total. The predicted octanol–water partition coefficient (Wildman–Crippen LogP) is 2.70. The second-order valence-corrected chi connectivity index (χ2v) is 5.84. The molecule has 0 bridgehead atoms. The predicted molar refractivity (Wildman–Crippen MR) is 77.4 cm³/mol. The van der Waals surface area contributed by atoms with Crippen LogP contribution in [0.2, 0.25) is 0 Å². The molecule has 1 aromatic heterocycles. The molecule has 1 rings (SSSR count). The number of ether oxygens (including phenoxy) is 2. The fourth-order valence-corrected chi connectivity index (χ4v) is 1.74. The molecule has 1 heterocycles. The third-order valence-corrected chi connectivity index (χ3v) is 2.54. The number of rotatable bonds is 6. The van der Waals surface area contributed by atoms with Crippen LogP contribution >= 0.6 is 0 Å². The number of amides is 1. The quantitative estimate of drug-likeness (QED) is 0.817. The van der Waals surface area contributed by atoms with E-state index in [0.717, 1.165) is 0 Å². The van der Waals surface area contributed by atoms with E-state index in [-0.39, 0.29) is 24.6 Å². The Labute approximate surface area is 124 Å². The summed E-state index contributed by atoms with van der Waals surface area (Å²) in [6.07, 6.45) is -0.493. The summed E-state index contributed by atoms with van der Waals surface area (Å²) < 4.78 is 15.5. The Balaban J connectivity index is 2.61. The molecule has 0 saturated carbocycles. The summed E-state index contributed by atoms with van der Waals surface area (Å²) in [6, 6.07) is 2.87. The second kappa shape index (κ2) is 7.26. The van der Waals surface area contributed by atoms with Gasteiger partial charge < -0.3 is 19.2 Å². The molecule has 1 amide bonds. The average Bonchev–Trinajstić information content (AvgIpc) is 2.73. The Morgan fingerprint density at radius 2 is 2.00 bits per heavy atom. The zero-order chi connectivity index (χ0) is 16.0. The van der Waals surface area contributed by atoms with E-state index in [1.54, 1.807) is 39.8 Å². The largest absolute Gasteiger partial charge is 0.458 e. The number of Topliss-reactive ketones (excluding diaryl/α,β-unsaturated/α-hetero) is 1. The number of furan rings is 1. The molecule has 1 aromatic rings. The molecule has 0 fully saturated rings. The van der Waals surface area contributed by atoms with Crippen molar-refractivity contribution in [2.45, 2.75) is 45.8 Å². The van der Waals surface area contributed by atoms with Crippen LogP contribution in [-0.2, 0) is 9.47 Å². The molecule has 0 saturated heterocycles. The molecule has 0 aliphatic carbocycles. The maximum absolute atomic E-state index is 12.1. The molecule has 1 atom stereocenters. The lowest BCUT2D eigenvalue weighted by Crippen LogP contribution is -2.42. The summed E-state index contributed by atoms with van der Waals surface area (Å²) >= 11 is 0. The van der Waals surface area contributed by atoms with E-state index < -0.39 is 17.7 Å². The first kappa shape index (κ1) is 17.2. The van der Waals surface area contributed by atoms with Gasteiger partial charge in [-0.05, 0) is 39.8 Å². The summed E-state index contributed by atoms with van der Waals surface area (Å²) in [5.41, 5.74) is -0.593. The molecule has 0 radical (unpaired) electrons. The van der Waals surface area contributed by atoms with Gasteiger partial charge in [-0.3, -0.25) is 4.79 Å². The number of hydrogen-bond acceptors (Lipinski definition) is 5. The van der Waals surface area contributed by atoms with Gasteiger partial charge in [-0.15, -0.1) is 0 Å². The summed E-state index contributed by atoms with van der Waals surface area (Å²) in [7, 11) is 1.51. The van der Waals surface area contributed by atoms with E-state index in [2.05, 4.69) is 5.32 Å². The van der Waals surface area contributed by atoms with E-state index >= 15 is 0 Å². The average molecular weight is 297 g/mol. The normalized spacial score (nSPS) is 12.8. The number of alkyl carbamates (subject to hydrolysis) is 1. The molecule has 0 aliphatic rings. The molecule has 0 aliphatic heterocycles. The van der Waals surface area contributed by atoms with E-state index in [1.165, 1.54) is 7.11 Å². The second-order valence-electron chi connectivity index (χ2n) is 5.84. The minimum Gasteiger partial charge on any atom is -0.458 e. The van der Waals surface area contributed by atoms with E-state index in [0.29, 0.717) is 5.76 Å². The fraction of sp³-hybridized carbons (Fsp3) is 0.600. The van der Waals surface area contributed by atoms with Crippen molar-refractivity contribution in [3.05, 3.63) is 23.7 Å². The highest BCUT2D eigenvalue weighted by Gasteiger charge is 2.22. The number of carbonyl (C=O) groups excluding carboxylic acids is 2. The topological polar surface area (TPSA) is 77.8 Å². The van der Waals surface area contributed by atoms with Crippen LogP contribution in [0.1, 0.15) is 43.5 Å². The Morgan fingerprint density at radius 3 is 2.48 bits per heavy atom. The van der Waals surface area contributed by atoms with E-state index in [9.17, 15) is 9.59 Å². The molecule has 0 aromatic carbocycles. The van der Waals surface area contributed by atoms with Gasteiger partial charge in [-0.25, -0.2) is 4.79 Å². The number of methoxy groups -OCH3 is 1. The first-order chi connectivity index (χ1) is 9.71. The number of aryl methyl sites for hydroxylation is 1. The van der Waals surface area contributed by atoms with Crippen molar-refractivity contribution in [3.8, 4) is 0 Å². The highest BCUT2D eigenvalue weighted by molar-refractivity contribution is 5.94. The third kappa shape index (κ3) is 6.44. The van der Waals surface area contributed by atoms with Crippen LogP contribution in [0.4, 0.5) is 4.79 Å². The molecular formula is C15H23NO5. The monoisotopic (exact) mass is 297 g/mol. The first-order valence-corrected chi connectivity index (χ1v) is 6.79. The molecule has 6 nitrogen and oxygen atoms in total. The van der Waals surface area contributed by atoms with Gasteiger partial charge in [0.2, 0.25) is 0 Å². The smallest absolute Gasteiger partial charge is 0.407 e. The Bertz CT molecular complexity index is 486. The van der Waals surface area contributed by atoms with Gasteiger partial charge in [-0.1, -0.05) is 0 Å². The van der Waals surface area contributed by atoms with Crippen molar-refractivity contribution in [1.29, 1.82) is 0 Å². The molecular weight excluding hydrogens is 274 g/mol. The van der Waals surface area contributed by atoms with Crippen molar-refractivity contribution in [2.24, 2.45) is 0 Å². The van der Waals surface area contributed by atoms with Crippen LogP contribution in [0, 0.1) is 6.92 Å². The van der Waals surface area contributed by atoms with Crippen molar-refractivity contribution in [1.82, 2.24) is 5.32 Å². The Morgan fingerprint density at radius 1 is 1.33 bits per heavy atom. The van der Waals surface area contributed by atoms with Crippen LogP contribution in [0.3, 0.4) is 0 Å². The Hall–Kier alpha value is -1.82. The van der Waals surface area contributed by atoms with Crippen molar-refractivity contribution >= 4 is 11.9 Å². The maximum Gasteiger partial charge on any atom is 0.407 e. The van der Waals surface area contributed by atoms with Gasteiger partial charge in [-0.2, -0.15) is 0 Å². The van der Waals surface area contributed by atoms with Gasteiger partial charge in [0.25, 0.3) is 0 Å². The highest BCUT2D eigenvalue weighted by Crippen LogP contribution is 2.11. The number of carbonyl (C=O) groups is 2.